The van der Waals surface area contributed by atoms with Gasteiger partial charge < -0.3 is 5.73 Å². The fourth-order valence-electron chi connectivity index (χ4n) is 1.79. The molecule has 0 atom stereocenters. The third-order valence-electron chi connectivity index (χ3n) is 2.74. The second-order valence-corrected chi connectivity index (χ2v) is 5.65. The maximum Gasteiger partial charge on any atom is 0.220 e. The summed E-state index contributed by atoms with van der Waals surface area (Å²) in [5.41, 5.74) is 8.50. The van der Waals surface area contributed by atoms with E-state index in [0.717, 1.165) is 21.8 Å². The first-order chi connectivity index (χ1) is 8.38. The van der Waals surface area contributed by atoms with Gasteiger partial charge in [0.1, 0.15) is 0 Å². The molecule has 0 aliphatic rings. The Morgan fingerprint density at radius 1 is 1.17 bits per heavy atom. The quantitative estimate of drug-likeness (QED) is 0.852. The van der Waals surface area contributed by atoms with Crippen LogP contribution >= 0.6 is 11.6 Å². The van der Waals surface area contributed by atoms with Crippen LogP contribution in [0.5, 0.6) is 0 Å². The normalized spacial score (nSPS) is 11.6. The third kappa shape index (κ3) is 2.62. The van der Waals surface area contributed by atoms with Gasteiger partial charge in [-0.3, -0.25) is 0 Å². The molecule has 0 aliphatic heterocycles. The van der Waals surface area contributed by atoms with E-state index < -0.39 is 0 Å². The summed E-state index contributed by atoms with van der Waals surface area (Å²) in [7, 11) is 0. The molecule has 0 unspecified atom stereocenters. The zero-order chi connectivity index (χ0) is 13.3. The van der Waals surface area contributed by atoms with Crippen molar-refractivity contribution in [3.63, 3.8) is 0 Å². The monoisotopic (exact) mass is 261 g/mol. The van der Waals surface area contributed by atoms with Crippen molar-refractivity contribution in [2.24, 2.45) is 0 Å². The summed E-state index contributed by atoms with van der Waals surface area (Å²) in [5.74, 6) is 0.278. The fourth-order valence-corrected chi connectivity index (χ4v) is 2.19. The molecule has 0 fully saturated rings. The van der Waals surface area contributed by atoms with Crippen LogP contribution in [0, 0.1) is 0 Å². The summed E-state index contributed by atoms with van der Waals surface area (Å²) >= 11 is 6.24. The highest BCUT2D eigenvalue weighted by molar-refractivity contribution is 6.31. The van der Waals surface area contributed by atoms with E-state index in [2.05, 4.69) is 36.8 Å². The van der Waals surface area contributed by atoms with E-state index in [-0.39, 0.29) is 11.4 Å². The molecule has 2 rings (SSSR count). The molecular weight excluding hydrogens is 246 g/mol. The molecule has 4 heteroatoms. The van der Waals surface area contributed by atoms with Crippen LogP contribution in [0.1, 0.15) is 26.3 Å². The molecule has 2 aromatic rings. The summed E-state index contributed by atoms with van der Waals surface area (Å²) < 4.78 is 0. The second-order valence-electron chi connectivity index (χ2n) is 5.24. The number of halogens is 1. The number of rotatable bonds is 1. The van der Waals surface area contributed by atoms with Gasteiger partial charge in [-0.05, 0) is 29.2 Å². The van der Waals surface area contributed by atoms with E-state index in [4.69, 9.17) is 17.3 Å². The molecule has 0 aliphatic carbocycles. The summed E-state index contributed by atoms with van der Waals surface area (Å²) in [6.45, 7) is 6.39. The van der Waals surface area contributed by atoms with Gasteiger partial charge in [0.15, 0.2) is 0 Å². The van der Waals surface area contributed by atoms with Gasteiger partial charge in [0, 0.05) is 16.8 Å². The first-order valence-corrected chi connectivity index (χ1v) is 6.14. The lowest BCUT2D eigenvalue weighted by atomic mass is 9.86. The Balaban J connectivity index is 2.54. The van der Waals surface area contributed by atoms with Crippen molar-refractivity contribution in [1.82, 2.24) is 9.97 Å². The minimum absolute atomic E-state index is 0.00827. The zero-order valence-corrected chi connectivity index (χ0v) is 11.5. The Morgan fingerprint density at radius 3 is 2.50 bits per heavy atom. The number of nitrogens with two attached hydrogens (primary N) is 1. The van der Waals surface area contributed by atoms with Crippen LogP contribution < -0.4 is 5.73 Å². The van der Waals surface area contributed by atoms with Gasteiger partial charge in [-0.1, -0.05) is 38.4 Å². The van der Waals surface area contributed by atoms with Crippen molar-refractivity contribution in [2.75, 3.05) is 5.73 Å². The highest BCUT2D eigenvalue weighted by Gasteiger charge is 2.18. The molecule has 3 nitrogen and oxygen atoms in total. The lowest BCUT2D eigenvalue weighted by Gasteiger charge is -2.21. The third-order valence-corrected chi connectivity index (χ3v) is 3.07. The van der Waals surface area contributed by atoms with Crippen molar-refractivity contribution in [3.05, 3.63) is 41.0 Å². The van der Waals surface area contributed by atoms with Crippen LogP contribution in [0.4, 0.5) is 5.95 Å². The smallest absolute Gasteiger partial charge is 0.220 e. The lowest BCUT2D eigenvalue weighted by Crippen LogP contribution is -2.12. The van der Waals surface area contributed by atoms with E-state index in [1.807, 2.05) is 18.2 Å². The highest BCUT2D eigenvalue weighted by Crippen LogP contribution is 2.32. The lowest BCUT2D eigenvalue weighted by molar-refractivity contribution is 0.591. The number of nitrogens with zero attached hydrogens (tertiary/aromatic N) is 2. The Hall–Kier alpha value is -1.61. The molecule has 0 bridgehead atoms. The molecule has 0 saturated carbocycles. The zero-order valence-electron chi connectivity index (χ0n) is 10.7. The highest BCUT2D eigenvalue weighted by atomic mass is 35.5. The van der Waals surface area contributed by atoms with Gasteiger partial charge in [-0.25, -0.2) is 9.97 Å². The first kappa shape index (κ1) is 12.8. The number of benzene rings is 1. The summed E-state index contributed by atoms with van der Waals surface area (Å²) in [6.07, 6.45) is 1.66. The molecule has 0 saturated heterocycles. The van der Waals surface area contributed by atoms with Crippen LogP contribution in [-0.2, 0) is 5.41 Å². The summed E-state index contributed by atoms with van der Waals surface area (Å²) in [6, 6.07) is 7.74. The van der Waals surface area contributed by atoms with Crippen LogP contribution in [0.15, 0.2) is 30.5 Å². The van der Waals surface area contributed by atoms with Crippen LogP contribution in [-0.4, -0.2) is 9.97 Å². The Kier molecular flexibility index (Phi) is 3.26. The molecule has 0 spiro atoms. The van der Waals surface area contributed by atoms with Crippen LogP contribution in [0.2, 0.25) is 5.02 Å². The van der Waals surface area contributed by atoms with E-state index in [9.17, 15) is 0 Å². The van der Waals surface area contributed by atoms with E-state index in [0.29, 0.717) is 0 Å². The Morgan fingerprint density at radius 2 is 1.89 bits per heavy atom. The minimum atomic E-state index is -0.00827. The molecule has 1 aromatic carbocycles. The largest absolute Gasteiger partial charge is 0.368 e. The molecule has 94 valence electrons. The average Bonchev–Trinajstić information content (AvgIpc) is 2.28. The first-order valence-electron chi connectivity index (χ1n) is 5.77. The molecule has 0 amide bonds. The van der Waals surface area contributed by atoms with Crippen molar-refractivity contribution in [1.29, 1.82) is 0 Å². The minimum Gasteiger partial charge on any atom is -0.368 e. The Bertz CT molecular complexity index is 573. The van der Waals surface area contributed by atoms with Gasteiger partial charge in [-0.2, -0.15) is 0 Å². The maximum atomic E-state index is 6.24. The molecule has 1 heterocycles. The molecule has 2 N–H and O–H groups in total. The molecule has 0 radical (unpaired) electrons. The van der Waals surface area contributed by atoms with Crippen molar-refractivity contribution in [3.8, 4) is 11.3 Å². The molecule has 18 heavy (non-hydrogen) atoms. The van der Waals surface area contributed by atoms with Gasteiger partial charge >= 0.3 is 0 Å². The number of nitrogen functional groups attached to an aromatic ring is 1. The number of anilines is 1. The topological polar surface area (TPSA) is 51.8 Å². The van der Waals surface area contributed by atoms with E-state index in [1.54, 1.807) is 6.20 Å². The van der Waals surface area contributed by atoms with Gasteiger partial charge in [-0.15, -0.1) is 0 Å². The standard InChI is InChI=1S/C14H16ClN3/c1-14(2,3)10-8-9(4-5-11(10)15)12-6-7-17-13(16)18-12/h4-8H,1-3H3,(H2,16,17,18). The van der Waals surface area contributed by atoms with Gasteiger partial charge in [0.25, 0.3) is 0 Å². The van der Waals surface area contributed by atoms with Crippen molar-refractivity contribution >= 4 is 17.5 Å². The van der Waals surface area contributed by atoms with E-state index >= 15 is 0 Å². The average molecular weight is 262 g/mol. The van der Waals surface area contributed by atoms with Crippen molar-refractivity contribution < 1.29 is 0 Å². The van der Waals surface area contributed by atoms with Crippen LogP contribution in [0.3, 0.4) is 0 Å². The number of hydrogen-bond donors (Lipinski definition) is 1. The summed E-state index contributed by atoms with van der Waals surface area (Å²) in [4.78, 5) is 8.11. The molecule has 1 aromatic heterocycles. The van der Waals surface area contributed by atoms with Crippen molar-refractivity contribution in [2.45, 2.75) is 26.2 Å². The predicted octanol–water partition coefficient (Wildman–Crippen LogP) is 3.68. The number of aromatic nitrogens is 2. The SMILES string of the molecule is CC(C)(C)c1cc(-c2ccnc(N)n2)ccc1Cl. The predicted molar refractivity (Wildman–Crippen MR) is 75.6 cm³/mol. The Labute approximate surface area is 112 Å². The maximum absolute atomic E-state index is 6.24. The fraction of sp³-hybridized carbons (Fsp3) is 0.286. The number of hydrogen-bond acceptors (Lipinski definition) is 3. The van der Waals surface area contributed by atoms with Gasteiger partial charge in [0.2, 0.25) is 5.95 Å². The van der Waals surface area contributed by atoms with Gasteiger partial charge in [0.05, 0.1) is 5.69 Å². The molecular formula is C14H16ClN3. The van der Waals surface area contributed by atoms with Crippen LogP contribution in [0.25, 0.3) is 11.3 Å². The van der Waals surface area contributed by atoms with E-state index in [1.165, 1.54) is 0 Å². The second kappa shape index (κ2) is 4.58. The summed E-state index contributed by atoms with van der Waals surface area (Å²) in [5, 5.41) is 0.772.